The van der Waals surface area contributed by atoms with E-state index in [-0.39, 0.29) is 0 Å². The van der Waals surface area contributed by atoms with Crippen LogP contribution in [0.5, 0.6) is 0 Å². The van der Waals surface area contributed by atoms with E-state index in [0.29, 0.717) is 0 Å². The molecule has 0 aliphatic carbocycles. The predicted octanol–water partition coefficient (Wildman–Crippen LogP) is 0.848. The molecule has 1 N–H and O–H groups in total. The lowest BCUT2D eigenvalue weighted by molar-refractivity contribution is 0.412. The summed E-state index contributed by atoms with van der Waals surface area (Å²) in [7, 11) is 4.19. The highest BCUT2D eigenvalue weighted by Crippen LogP contribution is 2.17. The number of hydrogen-bond acceptors (Lipinski definition) is 4. The van der Waals surface area contributed by atoms with Gasteiger partial charge >= 0.3 is 0 Å². The first kappa shape index (κ1) is 13.4. The van der Waals surface area contributed by atoms with Crippen LogP contribution in [-0.2, 0) is 6.42 Å². The van der Waals surface area contributed by atoms with Gasteiger partial charge in [-0.3, -0.25) is 0 Å². The lowest BCUT2D eigenvalue weighted by Gasteiger charge is -2.29. The van der Waals surface area contributed by atoms with Gasteiger partial charge in [0.2, 0.25) is 0 Å². The lowest BCUT2D eigenvalue weighted by atomic mass is 10.3. The van der Waals surface area contributed by atoms with Crippen molar-refractivity contribution in [3.63, 3.8) is 0 Å². The van der Waals surface area contributed by atoms with E-state index in [1.807, 2.05) is 0 Å². The summed E-state index contributed by atoms with van der Waals surface area (Å²) in [5.41, 5.74) is 3.50. The Hall–Kier alpha value is -1.59. The summed E-state index contributed by atoms with van der Waals surface area (Å²) in [6.45, 7) is 5.31. The fourth-order valence-corrected chi connectivity index (χ4v) is 2.60. The van der Waals surface area contributed by atoms with Gasteiger partial charge in [-0.25, -0.2) is 4.98 Å². The van der Waals surface area contributed by atoms with Gasteiger partial charge in [0.25, 0.3) is 0 Å². The average Bonchev–Trinajstić information content (AvgIpc) is 2.88. The van der Waals surface area contributed by atoms with Crippen molar-refractivity contribution in [2.75, 3.05) is 51.7 Å². The Morgan fingerprint density at radius 3 is 2.85 bits per heavy atom. The summed E-state index contributed by atoms with van der Waals surface area (Å²) >= 11 is 0. The SMILES string of the molecule is CN(C)CCc1cn2ccc(N3CCNCC3)cc2n1. The van der Waals surface area contributed by atoms with E-state index in [4.69, 9.17) is 4.98 Å². The monoisotopic (exact) mass is 273 g/mol. The first-order valence-electron chi connectivity index (χ1n) is 7.30. The fraction of sp³-hybridized carbons (Fsp3) is 0.533. The molecule has 3 rings (SSSR count). The first-order chi connectivity index (χ1) is 9.72. The Balaban J connectivity index is 1.79. The molecular formula is C15H23N5. The van der Waals surface area contributed by atoms with Gasteiger partial charge in [0, 0.05) is 63.3 Å². The molecule has 1 saturated heterocycles. The second-order valence-electron chi connectivity index (χ2n) is 5.67. The number of rotatable bonds is 4. The molecule has 1 aliphatic rings. The molecule has 5 nitrogen and oxygen atoms in total. The van der Waals surface area contributed by atoms with Gasteiger partial charge in [-0.1, -0.05) is 0 Å². The normalized spacial score (nSPS) is 16.2. The second kappa shape index (κ2) is 5.81. The van der Waals surface area contributed by atoms with Gasteiger partial charge in [-0.2, -0.15) is 0 Å². The number of nitrogens with zero attached hydrogens (tertiary/aromatic N) is 4. The number of anilines is 1. The number of nitrogens with one attached hydrogen (secondary N) is 1. The van der Waals surface area contributed by atoms with Gasteiger partial charge in [-0.05, 0) is 20.2 Å². The summed E-state index contributed by atoms with van der Waals surface area (Å²) in [5.74, 6) is 0. The molecule has 0 amide bonds. The maximum Gasteiger partial charge on any atom is 0.139 e. The van der Waals surface area contributed by atoms with Crippen LogP contribution in [-0.4, -0.2) is 61.1 Å². The van der Waals surface area contributed by atoms with Gasteiger partial charge < -0.3 is 19.5 Å². The van der Waals surface area contributed by atoms with E-state index in [9.17, 15) is 0 Å². The number of aromatic nitrogens is 2. The highest BCUT2D eigenvalue weighted by atomic mass is 15.2. The minimum absolute atomic E-state index is 0.998. The van der Waals surface area contributed by atoms with Gasteiger partial charge in [0.15, 0.2) is 0 Å². The van der Waals surface area contributed by atoms with E-state index >= 15 is 0 Å². The van der Waals surface area contributed by atoms with Crippen molar-refractivity contribution >= 4 is 11.3 Å². The second-order valence-corrected chi connectivity index (χ2v) is 5.67. The largest absolute Gasteiger partial charge is 0.369 e. The Bertz CT molecular complexity index is 569. The number of hydrogen-bond donors (Lipinski definition) is 1. The van der Waals surface area contributed by atoms with E-state index in [0.717, 1.165) is 50.5 Å². The van der Waals surface area contributed by atoms with Crippen LogP contribution in [0, 0.1) is 0 Å². The quantitative estimate of drug-likeness (QED) is 0.896. The summed E-state index contributed by atoms with van der Waals surface area (Å²) in [6, 6.07) is 4.39. The summed E-state index contributed by atoms with van der Waals surface area (Å²) in [4.78, 5) is 9.35. The molecule has 108 valence electrons. The average molecular weight is 273 g/mol. The minimum Gasteiger partial charge on any atom is -0.369 e. The van der Waals surface area contributed by atoms with Crippen LogP contribution >= 0.6 is 0 Å². The zero-order valence-corrected chi connectivity index (χ0v) is 12.3. The lowest BCUT2D eigenvalue weighted by Crippen LogP contribution is -2.43. The molecule has 1 fully saturated rings. The van der Waals surface area contributed by atoms with Crippen LogP contribution < -0.4 is 10.2 Å². The van der Waals surface area contributed by atoms with Gasteiger partial charge in [-0.15, -0.1) is 0 Å². The van der Waals surface area contributed by atoms with Crippen molar-refractivity contribution in [2.24, 2.45) is 0 Å². The van der Waals surface area contributed by atoms with Crippen molar-refractivity contribution in [1.29, 1.82) is 0 Å². The first-order valence-corrected chi connectivity index (χ1v) is 7.30. The maximum absolute atomic E-state index is 4.73. The number of fused-ring (bicyclic) bond motifs is 1. The van der Waals surface area contributed by atoms with Gasteiger partial charge in [0.1, 0.15) is 5.65 Å². The molecule has 2 aromatic rings. The maximum atomic E-state index is 4.73. The van der Waals surface area contributed by atoms with Gasteiger partial charge in [0.05, 0.1) is 5.69 Å². The molecule has 1 aliphatic heterocycles. The number of likely N-dealkylation sites (N-methyl/N-ethyl adjacent to an activating group) is 1. The molecule has 0 radical (unpaired) electrons. The Morgan fingerprint density at radius 2 is 2.10 bits per heavy atom. The number of imidazole rings is 1. The molecule has 20 heavy (non-hydrogen) atoms. The van der Waals surface area contributed by atoms with Crippen LogP contribution in [0.15, 0.2) is 24.5 Å². The molecule has 5 heteroatoms. The Kier molecular flexibility index (Phi) is 3.89. The van der Waals surface area contributed by atoms with Crippen LogP contribution in [0.4, 0.5) is 5.69 Å². The van der Waals surface area contributed by atoms with Crippen molar-refractivity contribution < 1.29 is 0 Å². The molecule has 0 spiro atoms. The van der Waals surface area contributed by atoms with Crippen LogP contribution in [0.2, 0.25) is 0 Å². The van der Waals surface area contributed by atoms with Crippen molar-refractivity contribution in [2.45, 2.75) is 6.42 Å². The molecule has 0 bridgehead atoms. The zero-order valence-electron chi connectivity index (χ0n) is 12.3. The summed E-state index contributed by atoms with van der Waals surface area (Å²) < 4.78 is 2.12. The van der Waals surface area contributed by atoms with E-state index in [2.05, 4.69) is 58.1 Å². The third-order valence-electron chi connectivity index (χ3n) is 3.79. The summed E-state index contributed by atoms with van der Waals surface area (Å²) in [5, 5.41) is 3.39. The highest BCUT2D eigenvalue weighted by Gasteiger charge is 2.11. The zero-order chi connectivity index (χ0) is 13.9. The molecule has 3 heterocycles. The predicted molar refractivity (Wildman–Crippen MR) is 82.5 cm³/mol. The molecule has 0 atom stereocenters. The van der Waals surface area contributed by atoms with Crippen molar-refractivity contribution in [3.8, 4) is 0 Å². The number of pyridine rings is 1. The molecule has 0 unspecified atom stereocenters. The Labute approximate surface area is 120 Å². The highest BCUT2D eigenvalue weighted by molar-refractivity contribution is 5.57. The standard InChI is InChI=1S/C15H23N5/c1-18(2)7-3-13-12-20-8-4-14(11-15(20)17-13)19-9-5-16-6-10-19/h4,8,11-12,16H,3,5-7,9-10H2,1-2H3. The van der Waals surface area contributed by atoms with Crippen molar-refractivity contribution in [3.05, 3.63) is 30.2 Å². The van der Waals surface area contributed by atoms with Crippen LogP contribution in [0.3, 0.4) is 0 Å². The van der Waals surface area contributed by atoms with Crippen LogP contribution in [0.25, 0.3) is 5.65 Å². The third kappa shape index (κ3) is 2.94. The van der Waals surface area contributed by atoms with Crippen molar-refractivity contribution in [1.82, 2.24) is 19.6 Å². The molecule has 0 saturated carbocycles. The number of piperazine rings is 1. The smallest absolute Gasteiger partial charge is 0.139 e. The Morgan fingerprint density at radius 1 is 1.30 bits per heavy atom. The molecule has 2 aromatic heterocycles. The topological polar surface area (TPSA) is 35.8 Å². The third-order valence-corrected chi connectivity index (χ3v) is 3.79. The molecule has 0 aromatic carbocycles. The van der Waals surface area contributed by atoms with E-state index in [1.165, 1.54) is 5.69 Å². The van der Waals surface area contributed by atoms with E-state index < -0.39 is 0 Å². The van der Waals surface area contributed by atoms with Crippen LogP contribution in [0.1, 0.15) is 5.69 Å². The molecular weight excluding hydrogens is 250 g/mol. The minimum atomic E-state index is 0.998. The fourth-order valence-electron chi connectivity index (χ4n) is 2.60. The van der Waals surface area contributed by atoms with E-state index in [1.54, 1.807) is 0 Å². The summed E-state index contributed by atoms with van der Waals surface area (Å²) in [6.07, 6.45) is 5.26.